The molecule has 2 heterocycles. The molecule has 1 aromatic heterocycles. The molecule has 9 heteroatoms. The van der Waals surface area contributed by atoms with E-state index in [1.807, 2.05) is 4.90 Å². The van der Waals surface area contributed by atoms with E-state index in [1.54, 1.807) is 6.07 Å². The van der Waals surface area contributed by atoms with Crippen molar-refractivity contribution in [2.24, 2.45) is 0 Å². The van der Waals surface area contributed by atoms with E-state index in [-0.39, 0.29) is 16.3 Å². The molecule has 1 aromatic carbocycles. The van der Waals surface area contributed by atoms with Crippen LogP contribution in [-0.2, 0) is 16.6 Å². The fourth-order valence-corrected chi connectivity index (χ4v) is 5.66. The first-order chi connectivity index (χ1) is 11.4. The van der Waals surface area contributed by atoms with Crippen LogP contribution < -0.4 is 0 Å². The van der Waals surface area contributed by atoms with Gasteiger partial charge in [-0.15, -0.1) is 11.3 Å². The molecule has 0 bridgehead atoms. The lowest BCUT2D eigenvalue weighted by atomic mass is 10.2. The Balaban J connectivity index is 1.65. The van der Waals surface area contributed by atoms with Crippen molar-refractivity contribution in [2.75, 3.05) is 26.2 Å². The van der Waals surface area contributed by atoms with Crippen LogP contribution in [0.5, 0.6) is 0 Å². The van der Waals surface area contributed by atoms with Gasteiger partial charge in [0.25, 0.3) is 10.0 Å². The molecular formula is C15H15ClF2N2O2S2. The van der Waals surface area contributed by atoms with Gasteiger partial charge in [-0.2, -0.15) is 4.31 Å². The van der Waals surface area contributed by atoms with Gasteiger partial charge < -0.3 is 0 Å². The standard InChI is InChI=1S/C15H15ClF2N2O2S2/c16-13-4-5-14(23-13)24(21,22)20-8-6-19(7-9-20)10-11-2-1-3-12(17)15(11)18/h1-5H,6-10H2. The van der Waals surface area contributed by atoms with E-state index >= 15 is 0 Å². The number of thiophene rings is 1. The topological polar surface area (TPSA) is 40.6 Å². The van der Waals surface area contributed by atoms with Crippen molar-refractivity contribution in [3.05, 3.63) is 51.9 Å². The van der Waals surface area contributed by atoms with Gasteiger partial charge in [-0.3, -0.25) is 4.90 Å². The number of benzene rings is 1. The molecule has 24 heavy (non-hydrogen) atoms. The summed E-state index contributed by atoms with van der Waals surface area (Å²) in [5.41, 5.74) is 0.274. The van der Waals surface area contributed by atoms with Crippen molar-refractivity contribution in [2.45, 2.75) is 10.8 Å². The van der Waals surface area contributed by atoms with Gasteiger partial charge in [0.05, 0.1) is 4.34 Å². The van der Waals surface area contributed by atoms with Crippen LogP contribution in [0, 0.1) is 11.6 Å². The first-order valence-electron chi connectivity index (χ1n) is 7.28. The Kier molecular flexibility index (Phi) is 5.22. The molecule has 1 aliphatic rings. The number of nitrogens with zero attached hydrogens (tertiary/aromatic N) is 2. The summed E-state index contributed by atoms with van der Waals surface area (Å²) in [6.07, 6.45) is 0. The molecular weight excluding hydrogens is 378 g/mol. The van der Waals surface area contributed by atoms with E-state index < -0.39 is 21.7 Å². The van der Waals surface area contributed by atoms with Gasteiger partial charge in [-0.05, 0) is 18.2 Å². The van der Waals surface area contributed by atoms with Crippen LogP contribution in [0.4, 0.5) is 8.78 Å². The van der Waals surface area contributed by atoms with Crippen molar-refractivity contribution < 1.29 is 17.2 Å². The fraction of sp³-hybridized carbons (Fsp3) is 0.333. The highest BCUT2D eigenvalue weighted by molar-refractivity contribution is 7.91. The third kappa shape index (κ3) is 3.62. The van der Waals surface area contributed by atoms with E-state index in [0.29, 0.717) is 30.5 Å². The smallest absolute Gasteiger partial charge is 0.252 e. The highest BCUT2D eigenvalue weighted by Gasteiger charge is 2.29. The summed E-state index contributed by atoms with van der Waals surface area (Å²) in [6.45, 7) is 1.76. The zero-order valence-corrected chi connectivity index (χ0v) is 15.0. The van der Waals surface area contributed by atoms with E-state index in [2.05, 4.69) is 0 Å². The molecule has 4 nitrogen and oxygen atoms in total. The van der Waals surface area contributed by atoms with Crippen LogP contribution in [0.25, 0.3) is 0 Å². The van der Waals surface area contributed by atoms with Gasteiger partial charge in [0.15, 0.2) is 11.6 Å². The summed E-state index contributed by atoms with van der Waals surface area (Å²) in [5, 5.41) is 0. The second kappa shape index (κ2) is 7.05. The summed E-state index contributed by atoms with van der Waals surface area (Å²) >= 11 is 6.83. The maximum atomic E-state index is 13.7. The highest BCUT2D eigenvalue weighted by Crippen LogP contribution is 2.28. The van der Waals surface area contributed by atoms with Crippen LogP contribution in [-0.4, -0.2) is 43.8 Å². The minimum absolute atomic E-state index is 0.220. The number of sulfonamides is 1. The van der Waals surface area contributed by atoms with Gasteiger partial charge in [0, 0.05) is 38.3 Å². The average molecular weight is 393 g/mol. The van der Waals surface area contributed by atoms with Crippen LogP contribution in [0.15, 0.2) is 34.5 Å². The molecule has 0 spiro atoms. The predicted octanol–water partition coefficient (Wildman–Crippen LogP) is 3.19. The van der Waals surface area contributed by atoms with Crippen molar-refractivity contribution in [3.63, 3.8) is 0 Å². The Morgan fingerprint density at radius 3 is 2.42 bits per heavy atom. The Morgan fingerprint density at radius 2 is 1.79 bits per heavy atom. The first-order valence-corrected chi connectivity index (χ1v) is 9.92. The third-order valence-corrected chi connectivity index (χ3v) is 7.50. The van der Waals surface area contributed by atoms with Crippen molar-refractivity contribution in [1.82, 2.24) is 9.21 Å². The molecule has 0 unspecified atom stereocenters. The number of hydrogen-bond donors (Lipinski definition) is 0. The maximum Gasteiger partial charge on any atom is 0.252 e. The highest BCUT2D eigenvalue weighted by atomic mass is 35.5. The monoisotopic (exact) mass is 392 g/mol. The predicted molar refractivity (Wildman–Crippen MR) is 89.7 cm³/mol. The second-order valence-electron chi connectivity index (χ2n) is 5.45. The average Bonchev–Trinajstić information content (AvgIpc) is 3.00. The zero-order valence-electron chi connectivity index (χ0n) is 12.6. The first kappa shape index (κ1) is 17.8. The van der Waals surface area contributed by atoms with Crippen LogP contribution in [0.3, 0.4) is 0 Å². The molecule has 0 atom stereocenters. The summed E-state index contributed by atoms with van der Waals surface area (Å²) in [6, 6.07) is 7.14. The van der Waals surface area contributed by atoms with Crippen LogP contribution >= 0.6 is 22.9 Å². The molecule has 0 amide bonds. The van der Waals surface area contributed by atoms with E-state index in [1.165, 1.54) is 22.5 Å². The summed E-state index contributed by atoms with van der Waals surface area (Å²) < 4.78 is 54.0. The lowest BCUT2D eigenvalue weighted by molar-refractivity contribution is 0.179. The normalized spacial score (nSPS) is 17.3. The van der Waals surface area contributed by atoms with E-state index in [0.717, 1.165) is 17.4 Å². The second-order valence-corrected chi connectivity index (χ2v) is 9.33. The van der Waals surface area contributed by atoms with Crippen molar-refractivity contribution in [1.29, 1.82) is 0 Å². The summed E-state index contributed by atoms with van der Waals surface area (Å²) in [5.74, 6) is -1.72. The Labute approximate surface area is 148 Å². The van der Waals surface area contributed by atoms with E-state index in [4.69, 9.17) is 11.6 Å². The van der Waals surface area contributed by atoms with Crippen LogP contribution in [0.1, 0.15) is 5.56 Å². The quantitative estimate of drug-likeness (QED) is 0.802. The number of hydrogen-bond acceptors (Lipinski definition) is 4. The molecule has 3 rings (SSSR count). The molecule has 0 saturated carbocycles. The lowest BCUT2D eigenvalue weighted by Crippen LogP contribution is -2.48. The van der Waals surface area contributed by atoms with Gasteiger partial charge in [0.2, 0.25) is 0 Å². The molecule has 0 radical (unpaired) electrons. The van der Waals surface area contributed by atoms with Crippen molar-refractivity contribution in [3.8, 4) is 0 Å². The number of rotatable bonds is 4. The molecule has 2 aromatic rings. The third-order valence-electron chi connectivity index (χ3n) is 3.90. The van der Waals surface area contributed by atoms with E-state index in [9.17, 15) is 17.2 Å². The molecule has 1 saturated heterocycles. The van der Waals surface area contributed by atoms with Gasteiger partial charge in [0.1, 0.15) is 4.21 Å². The number of halogens is 3. The summed E-state index contributed by atoms with van der Waals surface area (Å²) in [4.78, 5) is 1.91. The van der Waals surface area contributed by atoms with Gasteiger partial charge in [-0.25, -0.2) is 17.2 Å². The zero-order chi connectivity index (χ0) is 17.3. The molecule has 130 valence electrons. The van der Waals surface area contributed by atoms with Gasteiger partial charge >= 0.3 is 0 Å². The number of piperazine rings is 1. The Morgan fingerprint density at radius 1 is 1.08 bits per heavy atom. The van der Waals surface area contributed by atoms with Crippen molar-refractivity contribution >= 4 is 33.0 Å². The SMILES string of the molecule is O=S(=O)(c1ccc(Cl)s1)N1CCN(Cc2cccc(F)c2F)CC1. The van der Waals surface area contributed by atoms with Crippen LogP contribution in [0.2, 0.25) is 4.34 Å². The molecule has 0 aliphatic carbocycles. The lowest BCUT2D eigenvalue weighted by Gasteiger charge is -2.33. The summed E-state index contributed by atoms with van der Waals surface area (Å²) in [7, 11) is -3.55. The fourth-order valence-electron chi connectivity index (χ4n) is 2.60. The molecule has 1 fully saturated rings. The minimum atomic E-state index is -3.55. The Bertz CT molecular complexity index is 834. The molecule has 0 N–H and O–H groups in total. The minimum Gasteiger partial charge on any atom is -0.296 e. The maximum absolute atomic E-state index is 13.7. The molecule has 1 aliphatic heterocycles. The largest absolute Gasteiger partial charge is 0.296 e. The Hall–Kier alpha value is -1.06. The van der Waals surface area contributed by atoms with Gasteiger partial charge in [-0.1, -0.05) is 23.7 Å².